The molecule has 158 valence electrons. The van der Waals surface area contributed by atoms with Crippen molar-refractivity contribution < 1.29 is 9.59 Å². The van der Waals surface area contributed by atoms with Crippen LogP contribution in [0, 0.1) is 0 Å². The third-order valence-corrected chi connectivity index (χ3v) is 5.47. The number of nitrogens with zero attached hydrogens (tertiary/aromatic N) is 2. The highest BCUT2D eigenvalue weighted by atomic mass is 16.2. The van der Waals surface area contributed by atoms with Crippen LogP contribution in [-0.4, -0.2) is 42.9 Å². The second kappa shape index (κ2) is 10.6. The summed E-state index contributed by atoms with van der Waals surface area (Å²) < 4.78 is 0. The third-order valence-electron chi connectivity index (χ3n) is 5.47. The number of carbonyl (C=O) groups excluding carboxylic acids is 2. The quantitative estimate of drug-likeness (QED) is 0.673. The summed E-state index contributed by atoms with van der Waals surface area (Å²) >= 11 is 0. The topological polar surface area (TPSA) is 52.7 Å². The minimum absolute atomic E-state index is 0.0106. The fourth-order valence-corrected chi connectivity index (χ4v) is 3.80. The molecule has 1 heterocycles. The Bertz CT molecular complexity index is 883. The molecule has 0 atom stereocenters. The van der Waals surface area contributed by atoms with Gasteiger partial charge >= 0.3 is 0 Å². The van der Waals surface area contributed by atoms with Gasteiger partial charge in [0.1, 0.15) is 0 Å². The smallest absolute Gasteiger partial charge is 0.256 e. The number of rotatable bonds is 7. The number of nitrogens with one attached hydrogen (secondary N) is 1. The average molecular weight is 406 g/mol. The van der Waals surface area contributed by atoms with Crippen molar-refractivity contribution in [3.8, 4) is 0 Å². The number of piperidine rings is 1. The first-order valence-electron chi connectivity index (χ1n) is 10.8. The van der Waals surface area contributed by atoms with Crippen LogP contribution in [0.25, 0.3) is 6.08 Å². The highest BCUT2D eigenvalue weighted by Crippen LogP contribution is 2.28. The van der Waals surface area contributed by atoms with Crippen molar-refractivity contribution in [1.82, 2.24) is 4.90 Å². The molecule has 0 aliphatic carbocycles. The van der Waals surface area contributed by atoms with E-state index in [0.29, 0.717) is 24.3 Å². The van der Waals surface area contributed by atoms with Gasteiger partial charge in [-0.2, -0.15) is 0 Å². The number of anilines is 2. The van der Waals surface area contributed by atoms with Crippen LogP contribution in [0.15, 0.2) is 54.6 Å². The van der Waals surface area contributed by atoms with Crippen LogP contribution < -0.4 is 10.2 Å². The van der Waals surface area contributed by atoms with Gasteiger partial charge in [0.05, 0.1) is 5.56 Å². The summed E-state index contributed by atoms with van der Waals surface area (Å²) in [6.45, 7) is 7.22. The molecule has 2 aromatic carbocycles. The van der Waals surface area contributed by atoms with E-state index < -0.39 is 0 Å². The van der Waals surface area contributed by atoms with Gasteiger partial charge in [-0.25, -0.2) is 0 Å². The maximum Gasteiger partial charge on any atom is 0.256 e. The van der Waals surface area contributed by atoms with Gasteiger partial charge in [-0.3, -0.25) is 9.59 Å². The van der Waals surface area contributed by atoms with Crippen molar-refractivity contribution in [2.45, 2.75) is 33.1 Å². The Balaban J connectivity index is 1.83. The molecule has 5 nitrogen and oxygen atoms in total. The number of benzene rings is 2. The zero-order chi connectivity index (χ0) is 21.3. The van der Waals surface area contributed by atoms with Crippen LogP contribution in [0.3, 0.4) is 0 Å². The zero-order valence-corrected chi connectivity index (χ0v) is 17.9. The lowest BCUT2D eigenvalue weighted by Gasteiger charge is -2.31. The molecule has 0 spiro atoms. The maximum absolute atomic E-state index is 13.2. The van der Waals surface area contributed by atoms with Gasteiger partial charge in [0, 0.05) is 43.6 Å². The Morgan fingerprint density at radius 2 is 1.70 bits per heavy atom. The predicted molar refractivity (Wildman–Crippen MR) is 124 cm³/mol. The van der Waals surface area contributed by atoms with Gasteiger partial charge in [0.25, 0.3) is 5.91 Å². The van der Waals surface area contributed by atoms with Crippen molar-refractivity contribution in [1.29, 1.82) is 0 Å². The predicted octanol–water partition coefficient (Wildman–Crippen LogP) is 4.81. The number of hydrogen-bond acceptors (Lipinski definition) is 3. The lowest BCUT2D eigenvalue weighted by molar-refractivity contribution is -0.111. The SMILES string of the molecule is CCN(CC)C(=O)c1cc(NC(=O)C=Cc2ccccc2)ccc1N1CCCCC1. The van der Waals surface area contributed by atoms with Crippen LogP contribution in [0.4, 0.5) is 11.4 Å². The van der Waals surface area contributed by atoms with E-state index in [1.165, 1.54) is 12.5 Å². The summed E-state index contributed by atoms with van der Waals surface area (Å²) in [5.74, 6) is -0.206. The zero-order valence-electron chi connectivity index (χ0n) is 17.9. The molecule has 0 saturated carbocycles. The first-order chi connectivity index (χ1) is 14.6. The molecular weight excluding hydrogens is 374 g/mol. The Morgan fingerprint density at radius 3 is 2.37 bits per heavy atom. The summed E-state index contributed by atoms with van der Waals surface area (Å²) in [5.41, 5.74) is 3.22. The van der Waals surface area contributed by atoms with Crippen LogP contribution in [0.5, 0.6) is 0 Å². The maximum atomic E-state index is 13.2. The standard InChI is InChI=1S/C25H31N3O2/c1-3-27(4-2)25(30)22-19-21(14-15-23(22)28-17-9-6-10-18-28)26-24(29)16-13-20-11-7-5-8-12-20/h5,7-8,11-16,19H,3-4,6,9-10,17-18H2,1-2H3,(H,26,29). The molecule has 2 amide bonds. The molecular formula is C25H31N3O2. The molecule has 5 heteroatoms. The minimum atomic E-state index is -0.217. The number of amides is 2. The van der Waals surface area contributed by atoms with Crippen molar-refractivity contribution in [2.75, 3.05) is 36.4 Å². The highest BCUT2D eigenvalue weighted by molar-refractivity contribution is 6.05. The van der Waals surface area contributed by atoms with Gasteiger partial charge in [-0.15, -0.1) is 0 Å². The third kappa shape index (κ3) is 5.50. The first-order valence-corrected chi connectivity index (χ1v) is 10.8. The highest BCUT2D eigenvalue weighted by Gasteiger charge is 2.22. The minimum Gasteiger partial charge on any atom is -0.371 e. The Morgan fingerprint density at radius 1 is 1.00 bits per heavy atom. The first kappa shape index (κ1) is 21.6. The van der Waals surface area contributed by atoms with Gasteiger partial charge in [-0.05, 0) is 62.9 Å². The molecule has 0 aromatic heterocycles. The molecule has 1 aliphatic heterocycles. The summed E-state index contributed by atoms with van der Waals surface area (Å²) in [5, 5.41) is 2.90. The second-order valence-electron chi connectivity index (χ2n) is 7.49. The summed E-state index contributed by atoms with van der Waals surface area (Å²) in [4.78, 5) is 29.7. The van der Waals surface area contributed by atoms with E-state index in [0.717, 1.165) is 37.2 Å². The molecule has 1 fully saturated rings. The van der Waals surface area contributed by atoms with Crippen LogP contribution in [0.2, 0.25) is 0 Å². The largest absolute Gasteiger partial charge is 0.371 e. The van der Waals surface area contributed by atoms with Crippen molar-refractivity contribution >= 4 is 29.3 Å². The molecule has 2 aromatic rings. The van der Waals surface area contributed by atoms with Crippen LogP contribution in [0.1, 0.15) is 49.0 Å². The van der Waals surface area contributed by atoms with E-state index in [2.05, 4.69) is 10.2 Å². The lowest BCUT2D eigenvalue weighted by Crippen LogP contribution is -2.35. The van der Waals surface area contributed by atoms with Gasteiger partial charge in [0.2, 0.25) is 5.91 Å². The van der Waals surface area contributed by atoms with Crippen molar-refractivity contribution in [2.24, 2.45) is 0 Å². The Kier molecular flexibility index (Phi) is 7.66. The van der Waals surface area contributed by atoms with E-state index in [1.807, 2.05) is 67.3 Å². The normalized spacial score (nSPS) is 14.0. The van der Waals surface area contributed by atoms with Gasteiger partial charge in [-0.1, -0.05) is 30.3 Å². The molecule has 3 rings (SSSR count). The Hall–Kier alpha value is -3.08. The van der Waals surface area contributed by atoms with Crippen LogP contribution in [-0.2, 0) is 4.79 Å². The van der Waals surface area contributed by atoms with E-state index >= 15 is 0 Å². The summed E-state index contributed by atoms with van der Waals surface area (Å²) in [6.07, 6.45) is 6.81. The molecule has 0 bridgehead atoms. The summed E-state index contributed by atoms with van der Waals surface area (Å²) in [7, 11) is 0. The molecule has 0 unspecified atom stereocenters. The number of hydrogen-bond donors (Lipinski definition) is 1. The molecule has 30 heavy (non-hydrogen) atoms. The monoisotopic (exact) mass is 405 g/mol. The molecule has 1 aliphatic rings. The summed E-state index contributed by atoms with van der Waals surface area (Å²) in [6, 6.07) is 15.4. The average Bonchev–Trinajstić information content (AvgIpc) is 2.79. The fraction of sp³-hybridized carbons (Fsp3) is 0.360. The van der Waals surface area contributed by atoms with Crippen LogP contribution >= 0.6 is 0 Å². The van der Waals surface area contributed by atoms with Crippen molar-refractivity contribution in [3.05, 3.63) is 65.7 Å². The van der Waals surface area contributed by atoms with Gasteiger partial charge < -0.3 is 15.1 Å². The van der Waals surface area contributed by atoms with E-state index in [4.69, 9.17) is 0 Å². The van der Waals surface area contributed by atoms with E-state index in [1.54, 1.807) is 6.08 Å². The second-order valence-corrected chi connectivity index (χ2v) is 7.49. The van der Waals surface area contributed by atoms with Gasteiger partial charge in [0.15, 0.2) is 0 Å². The lowest BCUT2D eigenvalue weighted by atomic mass is 10.0. The Labute approximate surface area is 179 Å². The molecule has 1 saturated heterocycles. The van der Waals surface area contributed by atoms with Crippen molar-refractivity contribution in [3.63, 3.8) is 0 Å². The number of carbonyl (C=O) groups is 2. The van der Waals surface area contributed by atoms with E-state index in [9.17, 15) is 9.59 Å². The van der Waals surface area contributed by atoms with E-state index in [-0.39, 0.29) is 11.8 Å². The molecule has 1 N–H and O–H groups in total. The fourth-order valence-electron chi connectivity index (χ4n) is 3.80. The molecule has 0 radical (unpaired) electrons.